The van der Waals surface area contributed by atoms with Gasteiger partial charge in [-0.05, 0) is 50.8 Å². The Bertz CT molecular complexity index is 958. The molecule has 2 atom stereocenters. The van der Waals surface area contributed by atoms with Crippen molar-refractivity contribution in [3.63, 3.8) is 0 Å². The van der Waals surface area contributed by atoms with Crippen LogP contribution in [0.2, 0.25) is 10.0 Å². The van der Waals surface area contributed by atoms with E-state index in [1.807, 2.05) is 26.0 Å². The summed E-state index contributed by atoms with van der Waals surface area (Å²) in [5.74, 6) is 1.25. The van der Waals surface area contributed by atoms with E-state index in [1.54, 1.807) is 10.6 Å². The molecule has 28 heavy (non-hydrogen) atoms. The van der Waals surface area contributed by atoms with Crippen molar-refractivity contribution < 1.29 is 0 Å². The third-order valence-corrected chi connectivity index (χ3v) is 6.78. The Morgan fingerprint density at radius 3 is 2.57 bits per heavy atom. The Kier molecular flexibility index (Phi) is 5.43. The zero-order valence-corrected chi connectivity index (χ0v) is 18.1. The van der Waals surface area contributed by atoms with Gasteiger partial charge in [0.1, 0.15) is 0 Å². The molecular weight excluding hydrogens is 395 g/mol. The minimum absolute atomic E-state index is 0.0192. The van der Waals surface area contributed by atoms with Gasteiger partial charge >= 0.3 is 0 Å². The van der Waals surface area contributed by atoms with Crippen molar-refractivity contribution in [1.82, 2.24) is 14.5 Å². The van der Waals surface area contributed by atoms with Gasteiger partial charge in [0.15, 0.2) is 0 Å². The summed E-state index contributed by atoms with van der Waals surface area (Å²) in [6, 6.07) is 5.92. The SMILES string of the molecule is Cc1nc2n(c(=O)c1C)CN(C1CCCCC1C)CN2c1ccc(Cl)cc1Cl. The quantitative estimate of drug-likeness (QED) is 0.676. The fourth-order valence-corrected chi connectivity index (χ4v) is 4.99. The van der Waals surface area contributed by atoms with Gasteiger partial charge in [0.05, 0.1) is 24.0 Å². The number of fused-ring (bicyclic) bond motifs is 1. The highest BCUT2D eigenvalue weighted by Crippen LogP contribution is 2.37. The summed E-state index contributed by atoms with van der Waals surface area (Å²) in [4.78, 5) is 22.3. The van der Waals surface area contributed by atoms with E-state index in [0.717, 1.165) is 17.8 Å². The van der Waals surface area contributed by atoms with Crippen molar-refractivity contribution in [2.24, 2.45) is 5.92 Å². The lowest BCUT2D eigenvalue weighted by Gasteiger charge is -2.45. The van der Waals surface area contributed by atoms with Crippen LogP contribution < -0.4 is 10.5 Å². The molecular formula is C21H26Cl2N4O. The van der Waals surface area contributed by atoms with Crippen LogP contribution in [0.1, 0.15) is 43.9 Å². The predicted octanol–water partition coefficient (Wildman–Crippen LogP) is 5.11. The van der Waals surface area contributed by atoms with Crippen molar-refractivity contribution in [3.05, 3.63) is 49.9 Å². The van der Waals surface area contributed by atoms with Crippen LogP contribution in [-0.4, -0.2) is 27.2 Å². The molecule has 2 aromatic rings. The highest BCUT2D eigenvalue weighted by Gasteiger charge is 2.34. The zero-order chi connectivity index (χ0) is 20.0. The lowest BCUT2D eigenvalue weighted by molar-refractivity contribution is 0.0724. The molecule has 1 saturated carbocycles. The number of hydrogen-bond acceptors (Lipinski definition) is 4. The summed E-state index contributed by atoms with van der Waals surface area (Å²) in [7, 11) is 0. The fraction of sp³-hybridized carbons (Fsp3) is 0.524. The van der Waals surface area contributed by atoms with Crippen LogP contribution >= 0.6 is 23.2 Å². The number of halogens is 2. The molecule has 2 heterocycles. The predicted molar refractivity (Wildman–Crippen MR) is 115 cm³/mol. The van der Waals surface area contributed by atoms with Crippen molar-refractivity contribution in [3.8, 4) is 0 Å². The first-order chi connectivity index (χ1) is 13.4. The average Bonchev–Trinajstić information content (AvgIpc) is 2.66. The van der Waals surface area contributed by atoms with Gasteiger partial charge in [0, 0.05) is 22.3 Å². The van der Waals surface area contributed by atoms with Crippen LogP contribution in [0.15, 0.2) is 23.0 Å². The molecule has 5 nitrogen and oxygen atoms in total. The monoisotopic (exact) mass is 420 g/mol. The fourth-order valence-electron chi connectivity index (χ4n) is 4.48. The Balaban J connectivity index is 1.83. The number of benzene rings is 1. The highest BCUT2D eigenvalue weighted by atomic mass is 35.5. The number of nitrogens with zero attached hydrogens (tertiary/aromatic N) is 4. The zero-order valence-electron chi connectivity index (χ0n) is 16.6. The first kappa shape index (κ1) is 19.7. The van der Waals surface area contributed by atoms with Crippen molar-refractivity contribution >= 4 is 34.8 Å². The van der Waals surface area contributed by atoms with Gasteiger partial charge < -0.3 is 0 Å². The summed E-state index contributed by atoms with van der Waals surface area (Å²) >= 11 is 12.7. The summed E-state index contributed by atoms with van der Waals surface area (Å²) in [6.07, 6.45) is 4.91. The first-order valence-electron chi connectivity index (χ1n) is 9.91. The van der Waals surface area contributed by atoms with Gasteiger partial charge in [-0.3, -0.25) is 19.2 Å². The van der Waals surface area contributed by atoms with Crippen LogP contribution in [0.5, 0.6) is 0 Å². The number of aryl methyl sites for hydroxylation is 1. The smallest absolute Gasteiger partial charge is 0.259 e. The maximum atomic E-state index is 13.1. The summed E-state index contributed by atoms with van der Waals surface area (Å²) < 4.78 is 1.79. The van der Waals surface area contributed by atoms with Gasteiger partial charge in [-0.25, -0.2) is 4.98 Å². The summed E-state index contributed by atoms with van der Waals surface area (Å²) in [5.41, 5.74) is 2.30. The molecule has 150 valence electrons. The molecule has 0 amide bonds. The largest absolute Gasteiger partial charge is 0.297 e. The van der Waals surface area contributed by atoms with E-state index in [1.165, 1.54) is 19.3 Å². The molecule has 0 bridgehead atoms. The van der Waals surface area contributed by atoms with E-state index >= 15 is 0 Å². The molecule has 0 spiro atoms. The van der Waals surface area contributed by atoms with E-state index < -0.39 is 0 Å². The van der Waals surface area contributed by atoms with E-state index in [4.69, 9.17) is 28.2 Å². The Labute approximate surface area is 175 Å². The van der Waals surface area contributed by atoms with Crippen LogP contribution in [0.3, 0.4) is 0 Å². The highest BCUT2D eigenvalue weighted by molar-refractivity contribution is 6.36. The summed E-state index contributed by atoms with van der Waals surface area (Å²) in [5, 5.41) is 1.15. The van der Waals surface area contributed by atoms with Crippen molar-refractivity contribution in [1.29, 1.82) is 0 Å². The molecule has 2 unspecified atom stereocenters. The second-order valence-corrected chi connectivity index (χ2v) is 8.92. The van der Waals surface area contributed by atoms with E-state index in [9.17, 15) is 4.79 Å². The molecule has 2 aliphatic rings. The average molecular weight is 421 g/mol. The normalized spacial score (nSPS) is 23.0. The van der Waals surface area contributed by atoms with Gasteiger partial charge in [-0.2, -0.15) is 0 Å². The number of aromatic nitrogens is 2. The second-order valence-electron chi connectivity index (χ2n) is 8.08. The third kappa shape index (κ3) is 3.44. The van der Waals surface area contributed by atoms with Crippen molar-refractivity contribution in [2.75, 3.05) is 11.6 Å². The minimum atomic E-state index is 0.0192. The molecule has 0 N–H and O–H groups in total. The molecule has 0 radical (unpaired) electrons. The Morgan fingerprint density at radius 1 is 1.11 bits per heavy atom. The van der Waals surface area contributed by atoms with Gasteiger partial charge in [-0.15, -0.1) is 0 Å². The number of anilines is 2. The van der Waals surface area contributed by atoms with Crippen LogP contribution in [0.25, 0.3) is 0 Å². The topological polar surface area (TPSA) is 41.4 Å². The van der Waals surface area contributed by atoms with Crippen LogP contribution in [-0.2, 0) is 6.67 Å². The van der Waals surface area contributed by atoms with E-state index in [2.05, 4.69) is 16.7 Å². The molecule has 0 saturated heterocycles. The number of hydrogen-bond donors (Lipinski definition) is 0. The molecule has 7 heteroatoms. The molecule has 1 fully saturated rings. The minimum Gasteiger partial charge on any atom is -0.297 e. The lowest BCUT2D eigenvalue weighted by Crippen LogP contribution is -2.53. The first-order valence-corrected chi connectivity index (χ1v) is 10.7. The third-order valence-electron chi connectivity index (χ3n) is 6.24. The van der Waals surface area contributed by atoms with Crippen LogP contribution in [0.4, 0.5) is 11.6 Å². The second kappa shape index (κ2) is 7.69. The summed E-state index contributed by atoms with van der Waals surface area (Å²) in [6.45, 7) is 7.28. The molecule has 1 aromatic heterocycles. The Hall–Kier alpha value is -1.56. The lowest BCUT2D eigenvalue weighted by atomic mass is 9.85. The molecule has 4 rings (SSSR count). The molecule has 1 aromatic carbocycles. The van der Waals surface area contributed by atoms with Gasteiger partial charge in [0.25, 0.3) is 5.56 Å². The number of rotatable bonds is 2. The van der Waals surface area contributed by atoms with E-state index in [-0.39, 0.29) is 5.56 Å². The molecule has 1 aliphatic carbocycles. The van der Waals surface area contributed by atoms with Gasteiger partial charge in [-0.1, -0.05) is 43.0 Å². The van der Waals surface area contributed by atoms with Crippen molar-refractivity contribution in [2.45, 2.75) is 59.2 Å². The van der Waals surface area contributed by atoms with Crippen LogP contribution in [0, 0.1) is 19.8 Å². The standard InChI is InChI=1S/C21H26Cl2N4O/c1-13-6-4-5-7-18(13)25-11-26(19-9-8-16(22)10-17(19)23)21-24-15(3)14(2)20(28)27(21)12-25/h8-10,13,18H,4-7,11-12H2,1-3H3. The van der Waals surface area contributed by atoms with E-state index in [0.29, 0.717) is 46.9 Å². The molecule has 1 aliphatic heterocycles. The van der Waals surface area contributed by atoms with Gasteiger partial charge in [0.2, 0.25) is 5.95 Å². The maximum Gasteiger partial charge on any atom is 0.259 e. The maximum absolute atomic E-state index is 13.1. The Morgan fingerprint density at radius 2 is 1.86 bits per heavy atom.